The van der Waals surface area contributed by atoms with Crippen LogP contribution in [-0.4, -0.2) is 52.7 Å². The molecule has 0 saturated heterocycles. The minimum Gasteiger partial charge on any atom is -0.480 e. The van der Waals surface area contributed by atoms with Crippen LogP contribution in [0.15, 0.2) is 4.99 Å². The van der Waals surface area contributed by atoms with Gasteiger partial charge in [-0.2, -0.15) is 0 Å². The van der Waals surface area contributed by atoms with Crippen molar-refractivity contribution in [3.8, 4) is 0 Å². The molecule has 1 atom stereocenters. The van der Waals surface area contributed by atoms with Gasteiger partial charge in [-0.15, -0.1) is 0 Å². The van der Waals surface area contributed by atoms with E-state index in [1.807, 2.05) is 0 Å². The first-order valence-electron chi connectivity index (χ1n) is 3.58. The Labute approximate surface area is 92.7 Å². The largest absolute Gasteiger partial charge is 0.480 e. The molecule has 0 aromatic heterocycles. The van der Waals surface area contributed by atoms with E-state index >= 15 is 0 Å². The third kappa shape index (κ3) is 9.38. The molecule has 0 fully saturated rings. The van der Waals surface area contributed by atoms with Crippen LogP contribution in [0.2, 0.25) is 0 Å². The molecule has 0 aliphatic heterocycles. The summed E-state index contributed by atoms with van der Waals surface area (Å²) in [6.45, 7) is 0.420. The van der Waals surface area contributed by atoms with Gasteiger partial charge in [0.1, 0.15) is 6.04 Å². The van der Waals surface area contributed by atoms with Crippen LogP contribution in [0.1, 0.15) is 12.8 Å². The summed E-state index contributed by atoms with van der Waals surface area (Å²) in [5.74, 6) is -0.987. The van der Waals surface area contributed by atoms with E-state index in [1.54, 1.807) is 0 Å². The smallest absolute Gasteiger partial charge is 0.320 e. The first-order valence-corrected chi connectivity index (χ1v) is 3.58. The summed E-state index contributed by atoms with van der Waals surface area (Å²) in [6, 6.07) is -0.820. The Balaban J connectivity index is 0. The predicted octanol–water partition coefficient (Wildman–Crippen LogP) is -1.93. The maximum Gasteiger partial charge on any atom is 0.320 e. The minimum atomic E-state index is -1.00. The number of carboxylic acid groups (broad SMARTS) is 1. The molecular weight excluding hydrogens is 184 g/mol. The Kier molecular flexibility index (Phi) is 9.30. The lowest BCUT2D eigenvalue weighted by Crippen LogP contribution is -2.30. The van der Waals surface area contributed by atoms with Crippen molar-refractivity contribution in [3.63, 3.8) is 0 Å². The minimum absolute atomic E-state index is 0. The average Bonchev–Trinajstić information content (AvgIpc) is 1.97. The number of nitrogens with two attached hydrogens (primary N) is 3. The number of hydrogen-bond donors (Lipinski definition) is 4. The van der Waals surface area contributed by atoms with Gasteiger partial charge >= 0.3 is 5.97 Å². The van der Waals surface area contributed by atoms with E-state index in [0.717, 1.165) is 0 Å². The van der Waals surface area contributed by atoms with Gasteiger partial charge in [-0.3, -0.25) is 9.79 Å². The normalized spacial score (nSPS) is 11.2. The number of rotatable bonds is 5. The Morgan fingerprint density at radius 3 is 2.38 bits per heavy atom. The van der Waals surface area contributed by atoms with Crippen LogP contribution >= 0.6 is 0 Å². The van der Waals surface area contributed by atoms with Gasteiger partial charge in [0.2, 0.25) is 0 Å². The van der Waals surface area contributed by atoms with Crippen molar-refractivity contribution in [1.29, 1.82) is 0 Å². The highest BCUT2D eigenvalue weighted by molar-refractivity contribution is 5.76. The van der Waals surface area contributed by atoms with Crippen molar-refractivity contribution < 1.29 is 9.90 Å². The van der Waals surface area contributed by atoms with E-state index in [9.17, 15) is 4.79 Å². The molecule has 0 aliphatic rings. The van der Waals surface area contributed by atoms with E-state index in [-0.39, 0.29) is 29.0 Å². The van der Waals surface area contributed by atoms with Crippen molar-refractivity contribution in [2.75, 3.05) is 6.54 Å². The zero-order chi connectivity index (χ0) is 9.56. The molecule has 0 heterocycles. The molecule has 0 bridgehead atoms. The van der Waals surface area contributed by atoms with Gasteiger partial charge in [0.05, 0.1) is 0 Å². The van der Waals surface area contributed by atoms with Gasteiger partial charge in [-0.1, -0.05) is 0 Å². The van der Waals surface area contributed by atoms with Crippen LogP contribution in [0, 0.1) is 0 Å². The van der Waals surface area contributed by atoms with Crippen molar-refractivity contribution in [3.05, 3.63) is 0 Å². The molecule has 0 aliphatic carbocycles. The van der Waals surface area contributed by atoms with Crippen molar-refractivity contribution in [2.24, 2.45) is 22.2 Å². The van der Waals surface area contributed by atoms with Crippen molar-refractivity contribution in [1.82, 2.24) is 0 Å². The predicted molar refractivity (Wildman–Crippen MR) is 51.3 cm³/mol. The summed E-state index contributed by atoms with van der Waals surface area (Å²) in [5, 5.41) is 8.38. The summed E-state index contributed by atoms with van der Waals surface area (Å²) >= 11 is 0. The van der Waals surface area contributed by atoms with E-state index in [0.29, 0.717) is 19.4 Å². The molecule has 0 spiro atoms. The number of aliphatic carboxylic acids is 1. The standard InChI is InChI=1S/C6H14N4O2.Mg/c7-4(5(11)12)2-1-3-10-6(8)9;/h4H,1-3,7H2,(H,11,12)(H4,8,9,10);/t4-;/m0./s1. The van der Waals surface area contributed by atoms with Gasteiger partial charge in [-0.05, 0) is 12.8 Å². The zero-order valence-electron chi connectivity index (χ0n) is 7.44. The molecule has 6 nitrogen and oxygen atoms in total. The van der Waals surface area contributed by atoms with Crippen LogP contribution < -0.4 is 17.2 Å². The fraction of sp³-hybridized carbons (Fsp3) is 0.667. The number of hydrogen-bond acceptors (Lipinski definition) is 3. The summed E-state index contributed by atoms with van der Waals surface area (Å²) < 4.78 is 0. The third-order valence-electron chi connectivity index (χ3n) is 1.28. The number of carbonyl (C=O) groups is 1. The van der Waals surface area contributed by atoms with Crippen molar-refractivity contribution in [2.45, 2.75) is 18.9 Å². The molecule has 0 aromatic carbocycles. The van der Waals surface area contributed by atoms with Crippen molar-refractivity contribution >= 4 is 35.0 Å². The first-order chi connectivity index (χ1) is 5.54. The molecule has 0 unspecified atom stereocenters. The fourth-order valence-electron chi connectivity index (χ4n) is 0.643. The quantitative estimate of drug-likeness (QED) is 0.177. The Bertz CT molecular complexity index is 181. The summed E-state index contributed by atoms with van der Waals surface area (Å²) in [7, 11) is 0. The molecule has 13 heavy (non-hydrogen) atoms. The second-order valence-corrected chi connectivity index (χ2v) is 2.39. The topological polar surface area (TPSA) is 128 Å². The number of carboxylic acids is 1. The lowest BCUT2D eigenvalue weighted by molar-refractivity contribution is -0.138. The highest BCUT2D eigenvalue weighted by Gasteiger charge is 2.09. The highest BCUT2D eigenvalue weighted by atomic mass is 24.3. The maximum absolute atomic E-state index is 10.2. The summed E-state index contributed by atoms with van der Waals surface area (Å²) in [4.78, 5) is 13.9. The maximum atomic E-state index is 10.2. The highest BCUT2D eigenvalue weighted by Crippen LogP contribution is 1.94. The molecule has 2 radical (unpaired) electrons. The summed E-state index contributed by atoms with van der Waals surface area (Å²) in [6.07, 6.45) is 0.956. The van der Waals surface area contributed by atoms with Gasteiger partial charge in [0.25, 0.3) is 0 Å². The fourth-order valence-corrected chi connectivity index (χ4v) is 0.643. The Morgan fingerprint density at radius 2 is 2.00 bits per heavy atom. The molecule has 0 aromatic rings. The average molecular weight is 199 g/mol. The van der Waals surface area contributed by atoms with Gasteiger partial charge in [-0.25, -0.2) is 0 Å². The molecule has 0 amide bonds. The third-order valence-corrected chi connectivity index (χ3v) is 1.28. The Hall–Kier alpha value is -0.534. The Morgan fingerprint density at radius 1 is 1.46 bits per heavy atom. The molecule has 0 saturated carbocycles. The monoisotopic (exact) mass is 198 g/mol. The zero-order valence-corrected chi connectivity index (χ0v) is 8.85. The second-order valence-electron chi connectivity index (χ2n) is 2.39. The molecule has 72 valence electrons. The number of nitrogens with zero attached hydrogens (tertiary/aromatic N) is 1. The number of guanidine groups is 1. The SMILES string of the molecule is NC(N)=NCCC[C@H](N)C(=O)O.[Mg]. The lowest BCUT2D eigenvalue weighted by Gasteiger charge is -2.03. The van der Waals surface area contributed by atoms with Crippen LogP contribution in [0.25, 0.3) is 0 Å². The van der Waals surface area contributed by atoms with Gasteiger partial charge in [0, 0.05) is 29.6 Å². The van der Waals surface area contributed by atoms with E-state index in [1.165, 1.54) is 0 Å². The molecule has 7 heteroatoms. The van der Waals surface area contributed by atoms with Gasteiger partial charge in [0.15, 0.2) is 5.96 Å². The van der Waals surface area contributed by atoms with E-state index < -0.39 is 12.0 Å². The van der Waals surface area contributed by atoms with Crippen LogP contribution in [0.3, 0.4) is 0 Å². The van der Waals surface area contributed by atoms with E-state index in [4.69, 9.17) is 22.3 Å². The lowest BCUT2D eigenvalue weighted by atomic mass is 10.2. The summed E-state index contributed by atoms with van der Waals surface area (Å²) in [5.41, 5.74) is 15.3. The number of aliphatic imine (C=N–C) groups is 1. The van der Waals surface area contributed by atoms with Crippen LogP contribution in [-0.2, 0) is 4.79 Å². The first kappa shape index (κ1) is 15.0. The van der Waals surface area contributed by atoms with Crippen LogP contribution in [0.4, 0.5) is 0 Å². The molecule has 7 N–H and O–H groups in total. The molecular formula is C6H14MgN4O2. The second kappa shape index (κ2) is 8.08. The molecule has 0 rings (SSSR count). The van der Waals surface area contributed by atoms with E-state index in [2.05, 4.69) is 4.99 Å². The van der Waals surface area contributed by atoms with Gasteiger partial charge < -0.3 is 22.3 Å². The van der Waals surface area contributed by atoms with Crippen LogP contribution in [0.5, 0.6) is 0 Å².